The average Bonchev–Trinajstić information content (AvgIpc) is 2.85. The number of nitro benzene ring substituents is 1. The lowest BCUT2D eigenvalue weighted by molar-refractivity contribution is -0.385. The maximum absolute atomic E-state index is 12.2. The molecule has 0 spiro atoms. The molecule has 0 amide bonds. The highest BCUT2D eigenvalue weighted by Crippen LogP contribution is 2.30. The van der Waals surface area contributed by atoms with E-state index in [0.29, 0.717) is 5.02 Å². The zero-order chi connectivity index (χ0) is 18.2. The van der Waals surface area contributed by atoms with E-state index in [1.54, 1.807) is 24.3 Å². The predicted molar refractivity (Wildman–Crippen MR) is 93.6 cm³/mol. The van der Waals surface area contributed by atoms with E-state index in [2.05, 4.69) is 9.50 Å². The second kappa shape index (κ2) is 6.26. The quantitative estimate of drug-likeness (QED) is 0.463. The fraction of sp³-hybridized carbons (Fsp3) is 0.0667. The summed E-state index contributed by atoms with van der Waals surface area (Å²) in [7, 11) is -2.45. The topological polar surface area (TPSA) is 105 Å². The van der Waals surface area contributed by atoms with E-state index in [9.17, 15) is 18.5 Å². The van der Waals surface area contributed by atoms with E-state index in [1.165, 1.54) is 30.4 Å². The third-order valence-electron chi connectivity index (χ3n) is 3.46. The van der Waals surface area contributed by atoms with E-state index in [0.717, 1.165) is 11.6 Å². The van der Waals surface area contributed by atoms with Gasteiger partial charge < -0.3 is 0 Å². The normalized spacial score (nSPS) is 15.0. The zero-order valence-corrected chi connectivity index (χ0v) is 14.4. The molecule has 128 valence electrons. The second-order valence-corrected chi connectivity index (χ2v) is 7.16. The number of rotatable bonds is 3. The standard InChI is InChI=1S/C15H11ClN4O4S/c1-19(17-9-10-2-4-11(16)5-3-10)15-13-7-6-12(20(21)22)8-14(13)25(23,24)18-15/h2-9H,1H3. The molecule has 1 aliphatic rings. The van der Waals surface area contributed by atoms with E-state index in [1.807, 2.05) is 0 Å². The fourth-order valence-corrected chi connectivity index (χ4v) is 3.60. The van der Waals surface area contributed by atoms with Gasteiger partial charge in [-0.05, 0) is 23.8 Å². The number of hydrazone groups is 1. The Bertz CT molecular complexity index is 1020. The van der Waals surface area contributed by atoms with Crippen LogP contribution in [0.15, 0.2) is 56.9 Å². The summed E-state index contributed by atoms with van der Waals surface area (Å²) in [4.78, 5) is 9.98. The smallest absolute Gasteiger partial charge is 0.258 e. The van der Waals surface area contributed by atoms with Crippen molar-refractivity contribution in [3.63, 3.8) is 0 Å². The number of benzene rings is 2. The molecular weight excluding hydrogens is 368 g/mol. The van der Waals surface area contributed by atoms with E-state index < -0.39 is 14.9 Å². The van der Waals surface area contributed by atoms with Crippen LogP contribution in [0.3, 0.4) is 0 Å². The van der Waals surface area contributed by atoms with Gasteiger partial charge in [0.05, 0.1) is 11.1 Å². The van der Waals surface area contributed by atoms with Crippen molar-refractivity contribution in [2.24, 2.45) is 9.50 Å². The van der Waals surface area contributed by atoms with Crippen molar-refractivity contribution in [2.45, 2.75) is 4.90 Å². The number of amidine groups is 1. The largest absolute Gasteiger partial charge is 0.285 e. The van der Waals surface area contributed by atoms with Gasteiger partial charge in [0.15, 0.2) is 5.84 Å². The summed E-state index contributed by atoms with van der Waals surface area (Å²) >= 11 is 5.81. The van der Waals surface area contributed by atoms with Gasteiger partial charge in [-0.25, -0.2) is 5.01 Å². The SMILES string of the molecule is CN(N=Cc1ccc(Cl)cc1)C1=NS(=O)(=O)c2cc([N+](=O)[O-])ccc21. The minimum Gasteiger partial charge on any atom is -0.258 e. The average molecular weight is 379 g/mol. The van der Waals surface area contributed by atoms with Crippen molar-refractivity contribution in [1.82, 2.24) is 5.01 Å². The summed E-state index contributed by atoms with van der Waals surface area (Å²) in [5.41, 5.74) is 0.717. The van der Waals surface area contributed by atoms with Crippen molar-refractivity contribution in [3.05, 3.63) is 68.7 Å². The third-order valence-corrected chi connectivity index (χ3v) is 5.02. The molecule has 1 heterocycles. The Balaban J connectivity index is 1.94. The van der Waals surface area contributed by atoms with Crippen LogP contribution in [0.4, 0.5) is 5.69 Å². The Morgan fingerprint density at radius 1 is 1.24 bits per heavy atom. The van der Waals surface area contributed by atoms with Gasteiger partial charge in [0, 0.05) is 29.8 Å². The van der Waals surface area contributed by atoms with Crippen LogP contribution in [0.25, 0.3) is 0 Å². The number of sulfonamides is 1. The molecule has 0 saturated heterocycles. The highest BCUT2D eigenvalue weighted by atomic mass is 35.5. The van der Waals surface area contributed by atoms with Crippen LogP contribution < -0.4 is 0 Å². The number of non-ortho nitro benzene ring substituents is 1. The minimum absolute atomic E-state index is 0.0927. The van der Waals surface area contributed by atoms with Gasteiger partial charge >= 0.3 is 0 Å². The maximum atomic E-state index is 12.2. The minimum atomic E-state index is -3.99. The molecule has 8 nitrogen and oxygen atoms in total. The van der Waals surface area contributed by atoms with Gasteiger partial charge in [-0.1, -0.05) is 23.7 Å². The van der Waals surface area contributed by atoms with Crippen molar-refractivity contribution in [1.29, 1.82) is 0 Å². The molecule has 0 saturated carbocycles. The molecule has 3 rings (SSSR count). The summed E-state index contributed by atoms with van der Waals surface area (Å²) in [6.07, 6.45) is 1.52. The molecule has 0 unspecified atom stereocenters. The molecule has 0 radical (unpaired) electrons. The predicted octanol–water partition coefficient (Wildman–Crippen LogP) is 2.66. The van der Waals surface area contributed by atoms with Crippen LogP contribution >= 0.6 is 11.6 Å². The molecule has 0 bridgehead atoms. The van der Waals surface area contributed by atoms with Gasteiger partial charge in [0.1, 0.15) is 4.90 Å². The number of halogens is 1. The highest BCUT2D eigenvalue weighted by molar-refractivity contribution is 7.90. The summed E-state index contributed by atoms with van der Waals surface area (Å²) in [5.74, 6) is 0.0927. The number of nitrogens with zero attached hydrogens (tertiary/aromatic N) is 4. The van der Waals surface area contributed by atoms with Crippen molar-refractivity contribution in [2.75, 3.05) is 7.05 Å². The zero-order valence-electron chi connectivity index (χ0n) is 12.8. The first-order valence-electron chi connectivity index (χ1n) is 6.95. The van der Waals surface area contributed by atoms with E-state index in [4.69, 9.17) is 11.6 Å². The van der Waals surface area contributed by atoms with E-state index >= 15 is 0 Å². The summed E-state index contributed by atoms with van der Waals surface area (Å²) < 4.78 is 28.0. The van der Waals surface area contributed by atoms with Crippen molar-refractivity contribution >= 4 is 39.4 Å². The lowest BCUT2D eigenvalue weighted by atomic mass is 10.2. The molecular formula is C15H11ClN4O4S. The number of hydrogen-bond acceptors (Lipinski definition) is 6. The van der Waals surface area contributed by atoms with Crippen LogP contribution in [0.1, 0.15) is 11.1 Å². The Kier molecular flexibility index (Phi) is 4.27. The van der Waals surface area contributed by atoms with Gasteiger partial charge in [0.2, 0.25) is 0 Å². The first-order valence-corrected chi connectivity index (χ1v) is 8.77. The molecule has 2 aromatic carbocycles. The van der Waals surface area contributed by atoms with Gasteiger partial charge in [-0.15, -0.1) is 4.40 Å². The molecule has 0 fully saturated rings. The Morgan fingerprint density at radius 3 is 2.56 bits per heavy atom. The Morgan fingerprint density at radius 2 is 1.92 bits per heavy atom. The molecule has 2 aromatic rings. The molecule has 0 aromatic heterocycles. The number of nitro groups is 1. The Hall–Kier alpha value is -2.78. The van der Waals surface area contributed by atoms with Crippen LogP contribution in [-0.4, -0.2) is 37.4 Å². The van der Waals surface area contributed by atoms with Gasteiger partial charge in [-0.2, -0.15) is 13.5 Å². The van der Waals surface area contributed by atoms with Gasteiger partial charge in [-0.3, -0.25) is 10.1 Å². The summed E-state index contributed by atoms with van der Waals surface area (Å²) in [5, 5.41) is 16.9. The second-order valence-electron chi connectivity index (χ2n) is 5.15. The highest BCUT2D eigenvalue weighted by Gasteiger charge is 2.32. The first-order chi connectivity index (χ1) is 11.8. The molecule has 10 heteroatoms. The van der Waals surface area contributed by atoms with Crippen LogP contribution in [0.5, 0.6) is 0 Å². The Labute approximate surface area is 148 Å². The fourth-order valence-electron chi connectivity index (χ4n) is 2.23. The molecule has 1 aliphatic heterocycles. The number of hydrogen-bond donors (Lipinski definition) is 0. The summed E-state index contributed by atoms with van der Waals surface area (Å²) in [6, 6.07) is 10.5. The van der Waals surface area contributed by atoms with E-state index in [-0.39, 0.29) is 22.0 Å². The molecule has 0 atom stereocenters. The monoisotopic (exact) mass is 378 g/mol. The lowest BCUT2D eigenvalue weighted by Gasteiger charge is -2.12. The van der Waals surface area contributed by atoms with Crippen molar-refractivity contribution < 1.29 is 13.3 Å². The molecule has 0 N–H and O–H groups in total. The molecule has 25 heavy (non-hydrogen) atoms. The number of fused-ring (bicyclic) bond motifs is 1. The first kappa shape index (κ1) is 17.1. The molecule has 0 aliphatic carbocycles. The van der Waals surface area contributed by atoms with Crippen LogP contribution in [-0.2, 0) is 10.0 Å². The maximum Gasteiger partial charge on any atom is 0.285 e. The summed E-state index contributed by atoms with van der Waals surface area (Å²) in [6.45, 7) is 0. The van der Waals surface area contributed by atoms with Crippen LogP contribution in [0, 0.1) is 10.1 Å². The third kappa shape index (κ3) is 3.37. The lowest BCUT2D eigenvalue weighted by Crippen LogP contribution is -2.21. The van der Waals surface area contributed by atoms with Gasteiger partial charge in [0.25, 0.3) is 15.7 Å². The van der Waals surface area contributed by atoms with Crippen LogP contribution in [0.2, 0.25) is 5.02 Å². The van der Waals surface area contributed by atoms with Crippen molar-refractivity contribution in [3.8, 4) is 0 Å².